The minimum absolute atomic E-state index is 0.0432. The Balaban J connectivity index is 2.82. The third-order valence-corrected chi connectivity index (χ3v) is 4.40. The van der Waals surface area contributed by atoms with Gasteiger partial charge in [0.25, 0.3) is 10.2 Å². The van der Waals surface area contributed by atoms with Crippen molar-refractivity contribution in [2.24, 2.45) is 5.92 Å². The Labute approximate surface area is 101 Å². The summed E-state index contributed by atoms with van der Waals surface area (Å²) in [7, 11) is -2.31. The SMILES string of the molecule is CC(C)NS(=O)(=O)N(C)C1COCC1C(=O)O. The topological polar surface area (TPSA) is 95.9 Å². The predicted octanol–water partition coefficient (Wildman–Crippen LogP) is -0.739. The van der Waals surface area contributed by atoms with Gasteiger partial charge in [-0.25, -0.2) is 0 Å². The number of carbonyl (C=O) groups is 1. The van der Waals surface area contributed by atoms with Crippen LogP contribution in [0.3, 0.4) is 0 Å². The van der Waals surface area contributed by atoms with Crippen LogP contribution >= 0.6 is 0 Å². The smallest absolute Gasteiger partial charge is 0.310 e. The van der Waals surface area contributed by atoms with Crippen LogP contribution in [0.25, 0.3) is 0 Å². The second kappa shape index (κ2) is 5.30. The van der Waals surface area contributed by atoms with Gasteiger partial charge in [0, 0.05) is 13.1 Å². The van der Waals surface area contributed by atoms with E-state index in [1.54, 1.807) is 13.8 Å². The normalized spacial score (nSPS) is 25.7. The fourth-order valence-electron chi connectivity index (χ4n) is 1.70. The Morgan fingerprint density at radius 2 is 2.06 bits per heavy atom. The van der Waals surface area contributed by atoms with E-state index in [0.717, 1.165) is 4.31 Å². The van der Waals surface area contributed by atoms with Gasteiger partial charge in [0.1, 0.15) is 0 Å². The van der Waals surface area contributed by atoms with Crippen LogP contribution in [0, 0.1) is 5.92 Å². The lowest BCUT2D eigenvalue weighted by atomic mass is 10.1. The summed E-state index contributed by atoms with van der Waals surface area (Å²) in [6, 6.07) is -0.906. The molecule has 17 heavy (non-hydrogen) atoms. The standard InChI is InChI=1S/C9H18N2O5S/c1-6(2)10-17(14,15)11(3)8-5-16-4-7(8)9(12)13/h6-8,10H,4-5H2,1-3H3,(H,12,13). The van der Waals surface area contributed by atoms with E-state index in [4.69, 9.17) is 9.84 Å². The molecule has 100 valence electrons. The second-order valence-electron chi connectivity index (χ2n) is 4.34. The first-order chi connectivity index (χ1) is 7.75. The van der Waals surface area contributed by atoms with Gasteiger partial charge < -0.3 is 9.84 Å². The first-order valence-electron chi connectivity index (χ1n) is 5.31. The molecule has 1 heterocycles. The highest BCUT2D eigenvalue weighted by molar-refractivity contribution is 7.87. The van der Waals surface area contributed by atoms with Crippen LogP contribution < -0.4 is 4.72 Å². The molecule has 2 atom stereocenters. The van der Waals surface area contributed by atoms with Crippen molar-refractivity contribution in [1.29, 1.82) is 0 Å². The fourth-order valence-corrected chi connectivity index (χ4v) is 3.02. The Morgan fingerprint density at radius 1 is 1.47 bits per heavy atom. The summed E-state index contributed by atoms with van der Waals surface area (Å²) < 4.78 is 32.2. The summed E-state index contributed by atoms with van der Waals surface area (Å²) in [5.74, 6) is -1.86. The zero-order chi connectivity index (χ0) is 13.2. The number of hydrogen-bond acceptors (Lipinski definition) is 4. The number of aliphatic carboxylic acids is 1. The molecule has 1 aliphatic rings. The molecule has 2 unspecified atom stereocenters. The first-order valence-corrected chi connectivity index (χ1v) is 6.75. The summed E-state index contributed by atoms with van der Waals surface area (Å²) in [6.45, 7) is 3.55. The molecule has 7 nitrogen and oxygen atoms in total. The number of hydrogen-bond donors (Lipinski definition) is 2. The third kappa shape index (κ3) is 3.38. The maximum Gasteiger partial charge on any atom is 0.310 e. The number of carboxylic acid groups (broad SMARTS) is 1. The molecule has 1 rings (SSSR count). The Morgan fingerprint density at radius 3 is 2.53 bits per heavy atom. The van der Waals surface area contributed by atoms with Gasteiger partial charge in [0.2, 0.25) is 0 Å². The summed E-state index contributed by atoms with van der Waals surface area (Å²) in [5.41, 5.74) is 0. The predicted molar refractivity (Wildman–Crippen MR) is 60.7 cm³/mol. The summed E-state index contributed by atoms with van der Waals surface area (Å²) in [4.78, 5) is 10.9. The molecule has 0 aromatic carbocycles. The van der Waals surface area contributed by atoms with Crippen LogP contribution in [-0.4, -0.2) is 56.1 Å². The van der Waals surface area contributed by atoms with Crippen molar-refractivity contribution >= 4 is 16.2 Å². The molecule has 1 saturated heterocycles. The number of carboxylic acids is 1. The number of likely N-dealkylation sites (N-methyl/N-ethyl adjacent to an activating group) is 1. The van der Waals surface area contributed by atoms with Crippen LogP contribution in [0.2, 0.25) is 0 Å². The van der Waals surface area contributed by atoms with E-state index >= 15 is 0 Å². The largest absolute Gasteiger partial charge is 0.481 e. The molecular weight excluding hydrogens is 248 g/mol. The molecule has 2 N–H and O–H groups in total. The maximum atomic E-state index is 11.9. The highest BCUT2D eigenvalue weighted by Gasteiger charge is 2.40. The number of rotatable bonds is 5. The lowest BCUT2D eigenvalue weighted by molar-refractivity contribution is -0.142. The fraction of sp³-hybridized carbons (Fsp3) is 0.889. The van der Waals surface area contributed by atoms with Crippen LogP contribution in [-0.2, 0) is 19.7 Å². The highest BCUT2D eigenvalue weighted by Crippen LogP contribution is 2.20. The molecule has 0 bridgehead atoms. The number of nitrogens with zero attached hydrogens (tertiary/aromatic N) is 1. The molecule has 0 aromatic heterocycles. The van der Waals surface area contributed by atoms with Gasteiger partial charge >= 0.3 is 5.97 Å². The van der Waals surface area contributed by atoms with Crippen molar-refractivity contribution in [2.45, 2.75) is 25.9 Å². The van der Waals surface area contributed by atoms with E-state index < -0.39 is 28.1 Å². The van der Waals surface area contributed by atoms with Gasteiger partial charge in [-0.3, -0.25) is 4.79 Å². The highest BCUT2D eigenvalue weighted by atomic mass is 32.2. The molecule has 0 amide bonds. The Kier molecular flexibility index (Phi) is 4.48. The lowest BCUT2D eigenvalue weighted by Gasteiger charge is -2.26. The van der Waals surface area contributed by atoms with Crippen molar-refractivity contribution in [3.05, 3.63) is 0 Å². The molecule has 0 radical (unpaired) electrons. The Hall–Kier alpha value is -0.700. The third-order valence-electron chi connectivity index (χ3n) is 2.60. The van der Waals surface area contributed by atoms with Gasteiger partial charge in [-0.2, -0.15) is 17.4 Å². The minimum atomic E-state index is -3.67. The Bertz CT molecular complexity index is 381. The van der Waals surface area contributed by atoms with E-state index in [1.165, 1.54) is 7.05 Å². The summed E-state index contributed by atoms with van der Waals surface area (Å²) >= 11 is 0. The van der Waals surface area contributed by atoms with Gasteiger partial charge in [-0.1, -0.05) is 0 Å². The molecule has 0 aliphatic carbocycles. The van der Waals surface area contributed by atoms with E-state index in [-0.39, 0.29) is 19.3 Å². The van der Waals surface area contributed by atoms with Crippen LogP contribution in [0.1, 0.15) is 13.8 Å². The van der Waals surface area contributed by atoms with Crippen LogP contribution in [0.4, 0.5) is 0 Å². The molecule has 0 saturated carbocycles. The minimum Gasteiger partial charge on any atom is -0.481 e. The molecule has 0 aromatic rings. The molecule has 8 heteroatoms. The van der Waals surface area contributed by atoms with Crippen molar-refractivity contribution in [3.8, 4) is 0 Å². The van der Waals surface area contributed by atoms with Crippen molar-refractivity contribution in [3.63, 3.8) is 0 Å². The van der Waals surface area contributed by atoms with E-state index in [9.17, 15) is 13.2 Å². The van der Waals surface area contributed by atoms with Crippen molar-refractivity contribution in [2.75, 3.05) is 20.3 Å². The molecule has 0 spiro atoms. The van der Waals surface area contributed by atoms with E-state index in [0.29, 0.717) is 0 Å². The molecule has 1 aliphatic heterocycles. The lowest BCUT2D eigenvalue weighted by Crippen LogP contribution is -2.50. The zero-order valence-corrected chi connectivity index (χ0v) is 10.9. The molecular formula is C9H18N2O5S. The number of ether oxygens (including phenoxy) is 1. The average molecular weight is 266 g/mol. The molecule has 1 fully saturated rings. The quantitative estimate of drug-likeness (QED) is 0.683. The van der Waals surface area contributed by atoms with E-state index in [1.807, 2.05) is 0 Å². The van der Waals surface area contributed by atoms with Crippen LogP contribution in [0.5, 0.6) is 0 Å². The van der Waals surface area contributed by atoms with Gasteiger partial charge in [0.05, 0.1) is 25.2 Å². The van der Waals surface area contributed by atoms with Crippen molar-refractivity contribution < 1.29 is 23.1 Å². The van der Waals surface area contributed by atoms with Gasteiger partial charge in [-0.15, -0.1) is 0 Å². The van der Waals surface area contributed by atoms with E-state index in [2.05, 4.69) is 4.72 Å². The van der Waals surface area contributed by atoms with Crippen molar-refractivity contribution in [1.82, 2.24) is 9.03 Å². The second-order valence-corrected chi connectivity index (χ2v) is 6.11. The zero-order valence-electron chi connectivity index (χ0n) is 10.1. The van der Waals surface area contributed by atoms with Crippen LogP contribution in [0.15, 0.2) is 0 Å². The monoisotopic (exact) mass is 266 g/mol. The maximum absolute atomic E-state index is 11.9. The average Bonchev–Trinajstić information content (AvgIpc) is 2.62. The van der Waals surface area contributed by atoms with Gasteiger partial charge in [-0.05, 0) is 13.8 Å². The summed E-state index contributed by atoms with van der Waals surface area (Å²) in [5, 5.41) is 8.96. The summed E-state index contributed by atoms with van der Waals surface area (Å²) in [6.07, 6.45) is 0. The number of nitrogens with one attached hydrogen (secondary N) is 1. The van der Waals surface area contributed by atoms with Gasteiger partial charge in [0.15, 0.2) is 0 Å². The first kappa shape index (κ1) is 14.4.